The first-order valence-electron chi connectivity index (χ1n) is 10.4. The number of anilines is 1. The lowest BCUT2D eigenvalue weighted by atomic mass is 9.89. The summed E-state index contributed by atoms with van der Waals surface area (Å²) in [7, 11) is -3.14. The highest BCUT2D eigenvalue weighted by Gasteiger charge is 2.21. The molecule has 1 heterocycles. The normalized spacial score (nSPS) is 15.8. The summed E-state index contributed by atoms with van der Waals surface area (Å²) in [6.45, 7) is 8.12. The number of hydrogen-bond donors (Lipinski definition) is 2. The van der Waals surface area contributed by atoms with Crippen LogP contribution in [0.15, 0.2) is 24.3 Å². The number of sulfonamides is 1. The van der Waals surface area contributed by atoms with Crippen LogP contribution in [0.5, 0.6) is 0 Å². The van der Waals surface area contributed by atoms with Crippen molar-refractivity contribution in [3.05, 3.63) is 29.8 Å². The number of unbranched alkanes of at least 4 members (excludes halogenated alkanes) is 2. The van der Waals surface area contributed by atoms with Crippen molar-refractivity contribution in [2.45, 2.75) is 64.0 Å². The first-order chi connectivity index (χ1) is 13.3. The topological polar surface area (TPSA) is 78.5 Å². The molecule has 1 aliphatic rings. The molecule has 0 aliphatic carbocycles. The van der Waals surface area contributed by atoms with Crippen LogP contribution in [0.2, 0.25) is 0 Å². The Labute approximate surface area is 170 Å². The van der Waals surface area contributed by atoms with Crippen LogP contribution in [0.1, 0.15) is 64.4 Å². The van der Waals surface area contributed by atoms with E-state index in [2.05, 4.69) is 34.3 Å². The van der Waals surface area contributed by atoms with Gasteiger partial charge >= 0.3 is 0 Å². The Bertz CT molecular complexity index is 709. The van der Waals surface area contributed by atoms with Crippen LogP contribution in [0.4, 0.5) is 5.69 Å². The fraction of sp³-hybridized carbons (Fsp3) is 0.667. The SMILES string of the molecule is CC(=O)N1CCC(c2ccc(NCCCCCNS(=O)(=O)C(C)C)cc2)CC1. The van der Waals surface area contributed by atoms with Gasteiger partial charge in [-0.2, -0.15) is 0 Å². The number of nitrogens with one attached hydrogen (secondary N) is 2. The smallest absolute Gasteiger partial charge is 0.219 e. The maximum absolute atomic E-state index is 11.7. The molecule has 158 valence electrons. The van der Waals surface area contributed by atoms with Crippen LogP contribution in [0, 0.1) is 0 Å². The van der Waals surface area contributed by atoms with E-state index in [1.807, 2.05) is 4.90 Å². The van der Waals surface area contributed by atoms with E-state index in [1.165, 1.54) is 5.56 Å². The molecule has 2 N–H and O–H groups in total. The first kappa shape index (κ1) is 22.7. The molecule has 1 aromatic carbocycles. The molecule has 0 atom stereocenters. The van der Waals surface area contributed by atoms with Crippen molar-refractivity contribution in [2.24, 2.45) is 0 Å². The van der Waals surface area contributed by atoms with Gasteiger partial charge in [-0.25, -0.2) is 13.1 Å². The number of carbonyl (C=O) groups excluding carboxylic acids is 1. The van der Waals surface area contributed by atoms with E-state index >= 15 is 0 Å². The molecule has 1 aliphatic heterocycles. The monoisotopic (exact) mass is 409 g/mol. The van der Waals surface area contributed by atoms with Gasteiger partial charge in [0, 0.05) is 38.8 Å². The predicted octanol–water partition coefficient (Wildman–Crippen LogP) is 3.32. The van der Waals surface area contributed by atoms with Crippen LogP contribution in [0.25, 0.3) is 0 Å². The number of benzene rings is 1. The molecule has 6 nitrogen and oxygen atoms in total. The lowest BCUT2D eigenvalue weighted by molar-refractivity contribution is -0.129. The average Bonchev–Trinajstić information content (AvgIpc) is 2.67. The van der Waals surface area contributed by atoms with Gasteiger partial charge in [-0.3, -0.25) is 4.79 Å². The van der Waals surface area contributed by atoms with Gasteiger partial charge in [-0.1, -0.05) is 18.6 Å². The van der Waals surface area contributed by atoms with Crippen molar-refractivity contribution in [1.82, 2.24) is 9.62 Å². The number of hydrogen-bond acceptors (Lipinski definition) is 4. The molecule has 1 aromatic rings. The maximum Gasteiger partial charge on any atom is 0.219 e. The molecule has 7 heteroatoms. The van der Waals surface area contributed by atoms with Gasteiger partial charge in [0.1, 0.15) is 0 Å². The minimum absolute atomic E-state index is 0.176. The minimum atomic E-state index is -3.14. The minimum Gasteiger partial charge on any atom is -0.385 e. The Morgan fingerprint density at radius 3 is 2.25 bits per heavy atom. The second kappa shape index (κ2) is 10.8. The summed E-state index contributed by atoms with van der Waals surface area (Å²) < 4.78 is 25.9. The largest absolute Gasteiger partial charge is 0.385 e. The zero-order valence-electron chi connectivity index (χ0n) is 17.4. The second-order valence-electron chi connectivity index (χ2n) is 7.88. The molecule has 2 rings (SSSR count). The van der Waals surface area contributed by atoms with Gasteiger partial charge in [-0.05, 0) is 63.1 Å². The van der Waals surface area contributed by atoms with Gasteiger partial charge < -0.3 is 10.2 Å². The Balaban J connectivity index is 1.62. The summed E-state index contributed by atoms with van der Waals surface area (Å²) in [6.07, 6.45) is 4.92. The van der Waals surface area contributed by atoms with Crippen LogP contribution in [-0.2, 0) is 14.8 Å². The summed E-state index contributed by atoms with van der Waals surface area (Å²) in [5.74, 6) is 0.717. The summed E-state index contributed by atoms with van der Waals surface area (Å²) in [6, 6.07) is 8.64. The average molecular weight is 410 g/mol. The van der Waals surface area contributed by atoms with Gasteiger partial charge in [0.25, 0.3) is 0 Å². The third-order valence-corrected chi connectivity index (χ3v) is 7.28. The number of nitrogens with zero attached hydrogens (tertiary/aromatic N) is 1. The van der Waals surface area contributed by atoms with Crippen LogP contribution in [0.3, 0.4) is 0 Å². The van der Waals surface area contributed by atoms with Gasteiger partial charge in [0.05, 0.1) is 5.25 Å². The Kier molecular flexibility index (Phi) is 8.76. The first-order valence-corrected chi connectivity index (χ1v) is 11.9. The standard InChI is InChI=1S/C21H35N3O3S/c1-17(2)28(26,27)23-14-6-4-5-13-22-21-9-7-19(8-10-21)20-11-15-24(16-12-20)18(3)25/h7-10,17,20,22-23H,4-6,11-16H2,1-3H3. The Morgan fingerprint density at radius 2 is 1.68 bits per heavy atom. The van der Waals surface area contributed by atoms with Crippen LogP contribution < -0.4 is 10.0 Å². The summed E-state index contributed by atoms with van der Waals surface area (Å²) in [5, 5.41) is 3.05. The lowest BCUT2D eigenvalue weighted by Gasteiger charge is -2.31. The molecular weight excluding hydrogens is 374 g/mol. The van der Waals surface area contributed by atoms with Gasteiger partial charge in [-0.15, -0.1) is 0 Å². The van der Waals surface area contributed by atoms with Crippen molar-refractivity contribution in [1.29, 1.82) is 0 Å². The van der Waals surface area contributed by atoms with E-state index in [0.29, 0.717) is 12.5 Å². The summed E-state index contributed by atoms with van der Waals surface area (Å²) in [5.41, 5.74) is 2.47. The van der Waals surface area contributed by atoms with E-state index in [4.69, 9.17) is 0 Å². The molecule has 0 radical (unpaired) electrons. The zero-order valence-corrected chi connectivity index (χ0v) is 18.2. The number of piperidine rings is 1. The Hall–Kier alpha value is -1.60. The molecule has 1 fully saturated rings. The summed E-state index contributed by atoms with van der Waals surface area (Å²) in [4.78, 5) is 13.4. The highest BCUT2D eigenvalue weighted by Crippen LogP contribution is 2.28. The van der Waals surface area contributed by atoms with Crippen molar-refractivity contribution < 1.29 is 13.2 Å². The molecule has 0 spiro atoms. The summed E-state index contributed by atoms with van der Waals surface area (Å²) >= 11 is 0. The van der Waals surface area contributed by atoms with E-state index in [1.54, 1.807) is 20.8 Å². The number of rotatable bonds is 10. The molecule has 0 saturated carbocycles. The molecule has 0 aromatic heterocycles. The molecule has 0 bridgehead atoms. The van der Waals surface area contributed by atoms with E-state index in [-0.39, 0.29) is 11.2 Å². The van der Waals surface area contributed by atoms with Crippen molar-refractivity contribution in [3.63, 3.8) is 0 Å². The number of amides is 1. The van der Waals surface area contributed by atoms with Gasteiger partial charge in [0.15, 0.2) is 0 Å². The third kappa shape index (κ3) is 7.09. The molecule has 1 amide bonds. The lowest BCUT2D eigenvalue weighted by Crippen LogP contribution is -2.36. The molecule has 28 heavy (non-hydrogen) atoms. The van der Waals surface area contributed by atoms with Crippen molar-refractivity contribution in [3.8, 4) is 0 Å². The highest BCUT2D eigenvalue weighted by molar-refractivity contribution is 7.90. The van der Waals surface area contributed by atoms with E-state index in [9.17, 15) is 13.2 Å². The molecule has 0 unspecified atom stereocenters. The predicted molar refractivity (Wildman–Crippen MR) is 115 cm³/mol. The number of carbonyl (C=O) groups is 1. The van der Waals surface area contributed by atoms with Crippen LogP contribution in [-0.4, -0.2) is 50.7 Å². The van der Waals surface area contributed by atoms with Crippen LogP contribution >= 0.6 is 0 Å². The molecular formula is C21H35N3O3S. The third-order valence-electron chi connectivity index (χ3n) is 5.43. The Morgan fingerprint density at radius 1 is 1.07 bits per heavy atom. The fourth-order valence-electron chi connectivity index (χ4n) is 3.44. The highest BCUT2D eigenvalue weighted by atomic mass is 32.2. The van der Waals surface area contributed by atoms with E-state index < -0.39 is 10.0 Å². The number of likely N-dealkylation sites (tertiary alicyclic amines) is 1. The second-order valence-corrected chi connectivity index (χ2v) is 10.2. The zero-order chi connectivity index (χ0) is 20.6. The maximum atomic E-state index is 11.7. The quantitative estimate of drug-likeness (QED) is 0.581. The van der Waals surface area contributed by atoms with E-state index in [0.717, 1.165) is 57.4 Å². The molecule has 1 saturated heterocycles. The van der Waals surface area contributed by atoms with Crippen molar-refractivity contribution >= 4 is 21.6 Å². The fourth-order valence-corrected chi connectivity index (χ4v) is 4.20. The van der Waals surface area contributed by atoms with Gasteiger partial charge in [0.2, 0.25) is 15.9 Å². The van der Waals surface area contributed by atoms with Crippen molar-refractivity contribution in [2.75, 3.05) is 31.5 Å².